The van der Waals surface area contributed by atoms with E-state index in [4.69, 9.17) is 28.6 Å². The molecule has 1 unspecified atom stereocenters. The highest BCUT2D eigenvalue weighted by Gasteiger charge is 2.48. The van der Waals surface area contributed by atoms with Crippen LogP contribution >= 0.6 is 0 Å². The standard InChI is InChI=1S/C20H24N2O2.C11H20O13S/c1-3-13-12-22-9-7-14(13)10-19(22)20(23)16-6-8-21-18-5-4-15(24-2)11-17(16)18;12-1-3-5(13)7(15)9(17)11(22-3)23-4-2-21-10(8(16)6(4)14)24-25(18,19)20/h3-6,8,11,13-14,19-20,23H,1,7,9-10,12H2,2H3;3-17H,1-2H2,(H,18,19,20)/t13-,14+,19+,20-;3-,4-,5+,6-,7+,8+,9-,10+,11+/m01/s1. The molecule has 6 heterocycles. The molecule has 17 nitrogen and oxygen atoms in total. The summed E-state index contributed by atoms with van der Waals surface area (Å²) in [6.45, 7) is 4.84. The van der Waals surface area contributed by atoms with Crippen molar-refractivity contribution >= 4 is 21.3 Å². The molecule has 7 rings (SSSR count). The van der Waals surface area contributed by atoms with E-state index in [1.165, 1.54) is 6.42 Å². The number of ether oxygens (including phenoxy) is 4. The maximum atomic E-state index is 11.2. The summed E-state index contributed by atoms with van der Waals surface area (Å²) in [6.07, 6.45) is -9.22. The number of piperidine rings is 3. The number of benzene rings is 1. The third kappa shape index (κ3) is 8.40. The molecule has 5 saturated heterocycles. The van der Waals surface area contributed by atoms with Crippen LogP contribution in [-0.2, 0) is 28.8 Å². The van der Waals surface area contributed by atoms with Crippen molar-refractivity contribution in [3.05, 3.63) is 48.7 Å². The number of methoxy groups -OCH3 is 1. The third-order valence-corrected chi connectivity index (χ3v) is 10.1. The zero-order chi connectivity index (χ0) is 35.6. The van der Waals surface area contributed by atoms with Gasteiger partial charge in [0.05, 0.1) is 31.9 Å². The van der Waals surface area contributed by atoms with Gasteiger partial charge in [0.2, 0.25) is 6.29 Å². The molecule has 0 radical (unpaired) electrons. The second-order valence-electron chi connectivity index (χ2n) is 12.6. The number of hydrogen-bond donors (Lipinski definition) is 8. The molecule has 49 heavy (non-hydrogen) atoms. The normalized spacial score (nSPS) is 38.3. The molecule has 2 aromatic rings. The van der Waals surface area contributed by atoms with Crippen molar-refractivity contribution in [3.8, 4) is 5.75 Å². The second kappa shape index (κ2) is 15.9. The van der Waals surface area contributed by atoms with Crippen LogP contribution in [0.25, 0.3) is 10.9 Å². The summed E-state index contributed by atoms with van der Waals surface area (Å²) in [6, 6.07) is 7.96. The smallest absolute Gasteiger partial charge is 0.399 e. The Morgan fingerprint density at radius 3 is 2.45 bits per heavy atom. The van der Waals surface area contributed by atoms with Crippen LogP contribution in [0.5, 0.6) is 5.75 Å². The predicted molar refractivity (Wildman–Crippen MR) is 168 cm³/mol. The summed E-state index contributed by atoms with van der Waals surface area (Å²) in [5, 5.41) is 70.1. The molecule has 1 aromatic carbocycles. The minimum Gasteiger partial charge on any atom is -0.497 e. The Hall–Kier alpha value is -2.40. The Labute approximate surface area is 282 Å². The summed E-state index contributed by atoms with van der Waals surface area (Å²) in [5.74, 6) is 2.01. The van der Waals surface area contributed by atoms with Crippen molar-refractivity contribution in [2.75, 3.05) is 33.4 Å². The molecule has 14 atom stereocenters. The fourth-order valence-electron chi connectivity index (χ4n) is 6.89. The van der Waals surface area contributed by atoms with E-state index >= 15 is 0 Å². The van der Waals surface area contributed by atoms with Crippen molar-refractivity contribution in [2.24, 2.45) is 11.8 Å². The second-order valence-corrected chi connectivity index (χ2v) is 13.6. The van der Waals surface area contributed by atoms with Gasteiger partial charge in [-0.05, 0) is 61.1 Å². The van der Waals surface area contributed by atoms with Gasteiger partial charge in [0.25, 0.3) is 0 Å². The van der Waals surface area contributed by atoms with Gasteiger partial charge in [0, 0.05) is 24.2 Å². The molecule has 5 fully saturated rings. The first-order valence-electron chi connectivity index (χ1n) is 15.8. The number of aliphatic hydroxyl groups is 7. The molecule has 0 amide bonds. The van der Waals surface area contributed by atoms with Gasteiger partial charge in [0.1, 0.15) is 48.5 Å². The van der Waals surface area contributed by atoms with Gasteiger partial charge < -0.3 is 54.7 Å². The number of pyridine rings is 1. The van der Waals surface area contributed by atoms with Crippen LogP contribution < -0.4 is 4.74 Å². The summed E-state index contributed by atoms with van der Waals surface area (Å²) in [5.41, 5.74) is 1.85. The Kier molecular flexibility index (Phi) is 12.3. The van der Waals surface area contributed by atoms with E-state index in [0.717, 1.165) is 41.7 Å². The van der Waals surface area contributed by atoms with Crippen molar-refractivity contribution in [2.45, 2.75) is 80.3 Å². The summed E-state index contributed by atoms with van der Waals surface area (Å²) in [4.78, 5) is 6.86. The largest absolute Gasteiger partial charge is 0.497 e. The molecule has 0 spiro atoms. The highest BCUT2D eigenvalue weighted by Crippen LogP contribution is 2.42. The predicted octanol–water partition coefficient (Wildman–Crippen LogP) is -1.76. The quantitative estimate of drug-likeness (QED) is 0.106. The van der Waals surface area contributed by atoms with Gasteiger partial charge in [-0.1, -0.05) is 6.08 Å². The number of hydrogen-bond acceptors (Lipinski definition) is 16. The number of nitrogens with zero attached hydrogens (tertiary/aromatic N) is 2. The Morgan fingerprint density at radius 1 is 1.08 bits per heavy atom. The van der Waals surface area contributed by atoms with Crippen molar-refractivity contribution in [1.82, 2.24) is 9.88 Å². The summed E-state index contributed by atoms with van der Waals surface area (Å²) < 4.78 is 54.3. The fourth-order valence-corrected chi connectivity index (χ4v) is 7.30. The van der Waals surface area contributed by atoms with E-state index in [-0.39, 0.29) is 6.04 Å². The van der Waals surface area contributed by atoms with Crippen LogP contribution in [0.4, 0.5) is 0 Å². The lowest BCUT2D eigenvalue weighted by Gasteiger charge is -2.50. The topological polar surface area (TPSA) is 258 Å². The Balaban J connectivity index is 0.000000191. The average molecular weight is 717 g/mol. The first kappa shape index (κ1) is 37.8. The van der Waals surface area contributed by atoms with E-state index in [0.29, 0.717) is 11.8 Å². The molecule has 0 saturated carbocycles. The lowest BCUT2D eigenvalue weighted by Crippen LogP contribution is -2.62. The monoisotopic (exact) mass is 716 g/mol. The van der Waals surface area contributed by atoms with Gasteiger partial charge in [-0.2, -0.15) is 8.42 Å². The molecule has 2 bridgehead atoms. The van der Waals surface area contributed by atoms with Crippen LogP contribution in [0.2, 0.25) is 0 Å². The van der Waals surface area contributed by atoms with Gasteiger partial charge in [-0.15, -0.1) is 6.58 Å². The molecule has 0 aliphatic carbocycles. The molecule has 5 aliphatic heterocycles. The minimum atomic E-state index is -4.95. The van der Waals surface area contributed by atoms with Gasteiger partial charge >= 0.3 is 10.4 Å². The number of fused-ring (bicyclic) bond motifs is 4. The van der Waals surface area contributed by atoms with Crippen LogP contribution in [-0.4, -0.2) is 153 Å². The van der Waals surface area contributed by atoms with E-state index < -0.39 is 85.0 Å². The molecule has 274 valence electrons. The third-order valence-electron chi connectivity index (χ3n) is 9.63. The zero-order valence-electron chi connectivity index (χ0n) is 26.7. The number of rotatable bonds is 9. The van der Waals surface area contributed by atoms with Crippen LogP contribution in [0, 0.1) is 11.8 Å². The molecular formula is C31H44N2O15S. The minimum absolute atomic E-state index is 0.178. The average Bonchev–Trinajstić information content (AvgIpc) is 3.10. The maximum absolute atomic E-state index is 11.2. The summed E-state index contributed by atoms with van der Waals surface area (Å²) >= 11 is 0. The van der Waals surface area contributed by atoms with Crippen LogP contribution in [0.3, 0.4) is 0 Å². The molecule has 8 N–H and O–H groups in total. The lowest BCUT2D eigenvalue weighted by molar-refractivity contribution is -0.338. The zero-order valence-corrected chi connectivity index (χ0v) is 27.5. The Bertz CT molecular complexity index is 1530. The highest BCUT2D eigenvalue weighted by molar-refractivity contribution is 7.80. The Morgan fingerprint density at radius 2 is 1.82 bits per heavy atom. The molecule has 18 heteroatoms. The van der Waals surface area contributed by atoms with Crippen LogP contribution in [0.15, 0.2) is 43.1 Å². The van der Waals surface area contributed by atoms with Gasteiger partial charge in [0.15, 0.2) is 6.29 Å². The SMILES string of the molecule is C=C[C@H]1CN2CC[C@@H]1C[C@@H]2[C@@H](O)c1ccnc2ccc(OC)cc12.O=S(=O)(O)O[C@@H]1OC[C@@H](O[C@@H]2O[C@H](CO)[C@H](O)[C@H](O)[C@H]2O)[C@@H](O)[C@@H]1O. The first-order chi connectivity index (χ1) is 23.3. The van der Waals surface area contributed by atoms with Crippen molar-refractivity contribution in [1.29, 1.82) is 0 Å². The van der Waals surface area contributed by atoms with Crippen LogP contribution in [0.1, 0.15) is 24.5 Å². The molecule has 1 aromatic heterocycles. The maximum Gasteiger partial charge on any atom is 0.399 e. The molecule has 5 aliphatic rings. The first-order valence-corrected chi connectivity index (χ1v) is 17.2. The van der Waals surface area contributed by atoms with Crippen molar-refractivity contribution < 1.29 is 71.8 Å². The summed E-state index contributed by atoms with van der Waals surface area (Å²) in [7, 11) is -3.29. The van der Waals surface area contributed by atoms with Crippen molar-refractivity contribution in [3.63, 3.8) is 0 Å². The van der Waals surface area contributed by atoms with Gasteiger partial charge in [-0.25, -0.2) is 4.18 Å². The van der Waals surface area contributed by atoms with E-state index in [2.05, 4.69) is 26.7 Å². The van der Waals surface area contributed by atoms with Gasteiger partial charge in [-0.3, -0.25) is 14.4 Å². The number of aromatic nitrogens is 1. The van der Waals surface area contributed by atoms with E-state index in [1.54, 1.807) is 13.3 Å². The highest BCUT2D eigenvalue weighted by atomic mass is 32.3. The number of aliphatic hydroxyl groups excluding tert-OH is 7. The van der Waals surface area contributed by atoms with E-state index in [1.807, 2.05) is 24.3 Å². The van der Waals surface area contributed by atoms with E-state index in [9.17, 15) is 39.1 Å². The molecular weight excluding hydrogens is 672 g/mol. The fraction of sp³-hybridized carbons (Fsp3) is 0.645. The lowest BCUT2D eigenvalue weighted by atomic mass is 9.73.